The van der Waals surface area contributed by atoms with Crippen LogP contribution in [0.1, 0.15) is 11.1 Å². The van der Waals surface area contributed by atoms with Crippen molar-refractivity contribution in [3.05, 3.63) is 84.9 Å². The lowest BCUT2D eigenvalue weighted by molar-refractivity contribution is 1.59. The molecule has 0 amide bonds. The number of benzene rings is 3. The Morgan fingerprint density at radius 3 is 2.15 bits per heavy atom. The molecule has 0 atom stereocenters. The van der Waals surface area contributed by atoms with Crippen LogP contribution in [0.2, 0.25) is 0 Å². The summed E-state index contributed by atoms with van der Waals surface area (Å²) in [6.45, 7) is 7.85. The van der Waals surface area contributed by atoms with Gasteiger partial charge in [-0.15, -0.1) is 0 Å². The van der Waals surface area contributed by atoms with Crippen molar-refractivity contribution in [2.45, 2.75) is 0 Å². The van der Waals surface area contributed by atoms with E-state index in [1.807, 2.05) is 12.2 Å². The average Bonchev–Trinajstić information content (AvgIpc) is 2.53. The van der Waals surface area contributed by atoms with Crippen LogP contribution < -0.4 is 0 Å². The zero-order valence-electron chi connectivity index (χ0n) is 11.3. The predicted octanol–water partition coefficient (Wildman–Crippen LogP) is 5.79. The molecule has 20 heavy (non-hydrogen) atoms. The van der Waals surface area contributed by atoms with Gasteiger partial charge in [0.1, 0.15) is 0 Å². The van der Waals surface area contributed by atoms with E-state index >= 15 is 0 Å². The van der Waals surface area contributed by atoms with Crippen LogP contribution in [0.3, 0.4) is 0 Å². The van der Waals surface area contributed by atoms with E-state index in [0.29, 0.717) is 0 Å². The van der Waals surface area contributed by atoms with Gasteiger partial charge in [0.05, 0.1) is 0 Å². The summed E-state index contributed by atoms with van der Waals surface area (Å²) in [4.78, 5) is 0. The molecule has 0 heterocycles. The standard InChI is InChI=1S/C20H16/c1-3-15-10-7-13-19(17(15)4-2)20-14-8-11-16-9-5-6-12-18(16)20/h3-14H,1-2H2. The minimum absolute atomic E-state index is 1.12. The molecule has 3 rings (SSSR count). The third-order valence-corrected chi connectivity index (χ3v) is 3.64. The molecular formula is C20H16. The first-order valence-electron chi connectivity index (χ1n) is 6.71. The quantitative estimate of drug-likeness (QED) is 0.556. The first-order valence-corrected chi connectivity index (χ1v) is 6.71. The van der Waals surface area contributed by atoms with Crippen molar-refractivity contribution in [2.75, 3.05) is 0 Å². The minimum atomic E-state index is 1.12. The van der Waals surface area contributed by atoms with Gasteiger partial charge in [0.2, 0.25) is 0 Å². The largest absolute Gasteiger partial charge is 0.0984 e. The van der Waals surface area contributed by atoms with E-state index < -0.39 is 0 Å². The molecule has 0 N–H and O–H groups in total. The molecule has 0 radical (unpaired) electrons. The third kappa shape index (κ3) is 1.96. The Balaban J connectivity index is 2.37. The van der Waals surface area contributed by atoms with Gasteiger partial charge in [0.15, 0.2) is 0 Å². The Morgan fingerprint density at radius 2 is 1.35 bits per heavy atom. The Bertz CT molecular complexity index is 789. The van der Waals surface area contributed by atoms with Crippen LogP contribution in [0.5, 0.6) is 0 Å². The molecule has 0 aliphatic carbocycles. The second-order valence-electron chi connectivity index (χ2n) is 4.74. The molecule has 0 bridgehead atoms. The summed E-state index contributed by atoms with van der Waals surface area (Å²) < 4.78 is 0. The fraction of sp³-hybridized carbons (Fsp3) is 0. The van der Waals surface area contributed by atoms with Crippen molar-refractivity contribution in [1.29, 1.82) is 0 Å². The zero-order valence-corrected chi connectivity index (χ0v) is 11.3. The highest BCUT2D eigenvalue weighted by Gasteiger charge is 2.08. The lowest BCUT2D eigenvalue weighted by atomic mass is 9.92. The van der Waals surface area contributed by atoms with Crippen LogP contribution >= 0.6 is 0 Å². The van der Waals surface area contributed by atoms with Crippen LogP contribution in [0.4, 0.5) is 0 Å². The van der Waals surface area contributed by atoms with Gasteiger partial charge in [-0.1, -0.05) is 86.0 Å². The Hall–Kier alpha value is -2.60. The number of hydrogen-bond donors (Lipinski definition) is 0. The Labute approximate surface area is 119 Å². The second-order valence-corrected chi connectivity index (χ2v) is 4.74. The topological polar surface area (TPSA) is 0 Å². The van der Waals surface area contributed by atoms with Crippen LogP contribution in [0.25, 0.3) is 34.1 Å². The van der Waals surface area contributed by atoms with Gasteiger partial charge in [0, 0.05) is 0 Å². The molecule has 0 aromatic heterocycles. The van der Waals surface area contributed by atoms with Gasteiger partial charge in [-0.25, -0.2) is 0 Å². The van der Waals surface area contributed by atoms with Gasteiger partial charge in [-0.3, -0.25) is 0 Å². The van der Waals surface area contributed by atoms with Crippen molar-refractivity contribution in [1.82, 2.24) is 0 Å². The molecule has 0 nitrogen and oxygen atoms in total. The van der Waals surface area contributed by atoms with Gasteiger partial charge < -0.3 is 0 Å². The average molecular weight is 256 g/mol. The molecule has 3 aromatic rings. The van der Waals surface area contributed by atoms with Crippen LogP contribution in [-0.4, -0.2) is 0 Å². The second kappa shape index (κ2) is 5.18. The van der Waals surface area contributed by atoms with Crippen LogP contribution in [-0.2, 0) is 0 Å². The number of fused-ring (bicyclic) bond motifs is 1. The zero-order chi connectivity index (χ0) is 13.9. The number of rotatable bonds is 3. The molecule has 0 aliphatic heterocycles. The fourth-order valence-corrected chi connectivity index (χ4v) is 2.68. The molecule has 0 fully saturated rings. The summed E-state index contributed by atoms with van der Waals surface area (Å²) in [6, 6.07) is 21.2. The van der Waals surface area contributed by atoms with E-state index in [1.165, 1.54) is 21.9 Å². The summed E-state index contributed by atoms with van der Waals surface area (Å²) in [5, 5.41) is 2.52. The van der Waals surface area contributed by atoms with E-state index in [4.69, 9.17) is 0 Å². The number of hydrogen-bond acceptors (Lipinski definition) is 0. The predicted molar refractivity (Wildman–Crippen MR) is 89.6 cm³/mol. The summed E-state index contributed by atoms with van der Waals surface area (Å²) in [5.74, 6) is 0. The van der Waals surface area contributed by atoms with E-state index in [2.05, 4.69) is 73.8 Å². The molecular weight excluding hydrogens is 240 g/mol. The highest BCUT2D eigenvalue weighted by molar-refractivity contribution is 5.99. The molecule has 3 aromatic carbocycles. The summed E-state index contributed by atoms with van der Waals surface area (Å²) in [5.41, 5.74) is 4.69. The van der Waals surface area contributed by atoms with Crippen molar-refractivity contribution in [2.24, 2.45) is 0 Å². The SMILES string of the molecule is C=Cc1cccc(-c2cccc3ccccc23)c1C=C. The van der Waals surface area contributed by atoms with Gasteiger partial charge in [-0.2, -0.15) is 0 Å². The molecule has 0 unspecified atom stereocenters. The molecule has 0 aliphatic rings. The van der Waals surface area contributed by atoms with E-state index in [1.54, 1.807) is 0 Å². The van der Waals surface area contributed by atoms with E-state index in [-0.39, 0.29) is 0 Å². The van der Waals surface area contributed by atoms with Crippen molar-refractivity contribution in [3.63, 3.8) is 0 Å². The first kappa shape index (κ1) is 12.4. The van der Waals surface area contributed by atoms with Crippen molar-refractivity contribution < 1.29 is 0 Å². The molecule has 0 saturated heterocycles. The molecule has 0 spiro atoms. The fourth-order valence-electron chi connectivity index (χ4n) is 2.68. The lowest BCUT2D eigenvalue weighted by Gasteiger charge is -2.12. The highest BCUT2D eigenvalue weighted by Crippen LogP contribution is 2.33. The van der Waals surface area contributed by atoms with Crippen molar-refractivity contribution >= 4 is 22.9 Å². The molecule has 96 valence electrons. The Kier molecular flexibility index (Phi) is 3.22. The van der Waals surface area contributed by atoms with Gasteiger partial charge in [-0.05, 0) is 33.0 Å². The lowest BCUT2D eigenvalue weighted by Crippen LogP contribution is -1.88. The first-order chi connectivity index (χ1) is 9.85. The maximum absolute atomic E-state index is 3.96. The van der Waals surface area contributed by atoms with Crippen LogP contribution in [0, 0.1) is 0 Å². The summed E-state index contributed by atoms with van der Waals surface area (Å²) in [6.07, 6.45) is 3.79. The summed E-state index contributed by atoms with van der Waals surface area (Å²) in [7, 11) is 0. The Morgan fingerprint density at radius 1 is 0.650 bits per heavy atom. The normalized spacial score (nSPS) is 10.4. The molecule has 0 saturated carbocycles. The van der Waals surface area contributed by atoms with E-state index in [0.717, 1.165) is 11.1 Å². The smallest absolute Gasteiger partial charge is 0.00992 e. The summed E-state index contributed by atoms with van der Waals surface area (Å²) >= 11 is 0. The highest BCUT2D eigenvalue weighted by atomic mass is 14.1. The monoisotopic (exact) mass is 256 g/mol. The maximum Gasteiger partial charge on any atom is -0.00992 e. The third-order valence-electron chi connectivity index (χ3n) is 3.64. The van der Waals surface area contributed by atoms with Crippen LogP contribution in [0.15, 0.2) is 73.8 Å². The van der Waals surface area contributed by atoms with E-state index in [9.17, 15) is 0 Å². The van der Waals surface area contributed by atoms with Gasteiger partial charge >= 0.3 is 0 Å². The maximum atomic E-state index is 3.96. The minimum Gasteiger partial charge on any atom is -0.0984 e. The van der Waals surface area contributed by atoms with Gasteiger partial charge in [0.25, 0.3) is 0 Å². The molecule has 0 heteroatoms. The van der Waals surface area contributed by atoms with Crippen molar-refractivity contribution in [3.8, 4) is 11.1 Å².